The predicted octanol–water partition coefficient (Wildman–Crippen LogP) is 6.80. The lowest BCUT2D eigenvalue weighted by atomic mass is 10.1. The maximum atomic E-state index is 5.78. The summed E-state index contributed by atoms with van der Waals surface area (Å²) in [6.07, 6.45) is 1.88. The number of H-pyrrole nitrogens is 1. The lowest BCUT2D eigenvalue weighted by molar-refractivity contribution is 0.122. The van der Waals surface area contributed by atoms with Crippen molar-refractivity contribution >= 4 is 28.2 Å². The van der Waals surface area contributed by atoms with Crippen molar-refractivity contribution in [2.75, 3.05) is 36.5 Å². The van der Waals surface area contributed by atoms with Crippen LogP contribution in [0.3, 0.4) is 0 Å². The molecule has 36 heavy (non-hydrogen) atoms. The summed E-state index contributed by atoms with van der Waals surface area (Å²) < 4.78 is 11.3. The summed E-state index contributed by atoms with van der Waals surface area (Å²) >= 11 is 0. The van der Waals surface area contributed by atoms with Crippen LogP contribution in [-0.4, -0.2) is 41.4 Å². The topological polar surface area (TPSA) is 79.2 Å². The Kier molecular flexibility index (Phi) is 7.00. The highest BCUT2D eigenvalue weighted by molar-refractivity contribution is 5.97. The van der Waals surface area contributed by atoms with Crippen LogP contribution in [0, 0.1) is 6.92 Å². The number of nitrogens with one attached hydrogen (secondary N) is 2. The van der Waals surface area contributed by atoms with Gasteiger partial charge in [-0.3, -0.25) is 0 Å². The lowest BCUT2D eigenvalue weighted by Crippen LogP contribution is -2.36. The summed E-state index contributed by atoms with van der Waals surface area (Å²) in [7, 11) is 0. The van der Waals surface area contributed by atoms with Gasteiger partial charge in [0.15, 0.2) is 11.4 Å². The number of anilines is 3. The van der Waals surface area contributed by atoms with Crippen molar-refractivity contribution in [1.29, 1.82) is 0 Å². The first-order valence-corrected chi connectivity index (χ1v) is 12.5. The van der Waals surface area contributed by atoms with E-state index < -0.39 is 0 Å². The zero-order valence-corrected chi connectivity index (χ0v) is 20.9. The number of aryl methyl sites for hydroxylation is 1. The summed E-state index contributed by atoms with van der Waals surface area (Å²) in [5.41, 5.74) is 6.88. The predicted molar refractivity (Wildman–Crippen MR) is 146 cm³/mol. The summed E-state index contributed by atoms with van der Waals surface area (Å²) in [6, 6.07) is 22.6. The molecule has 0 spiro atoms. The van der Waals surface area contributed by atoms with Crippen LogP contribution in [0.2, 0.25) is 0 Å². The molecule has 1 saturated heterocycles. The fourth-order valence-electron chi connectivity index (χ4n) is 4.38. The highest BCUT2D eigenvalue weighted by atomic mass is 16.5. The summed E-state index contributed by atoms with van der Waals surface area (Å²) in [5, 5.41) is 8.89. The van der Waals surface area contributed by atoms with E-state index in [4.69, 9.17) is 9.26 Å². The van der Waals surface area contributed by atoms with Gasteiger partial charge in [0.25, 0.3) is 0 Å². The number of aromatic nitrogens is 3. The highest BCUT2D eigenvalue weighted by Gasteiger charge is 2.20. The van der Waals surface area contributed by atoms with Gasteiger partial charge >= 0.3 is 0 Å². The molecule has 7 heteroatoms. The van der Waals surface area contributed by atoms with Crippen LogP contribution in [0.4, 0.5) is 17.2 Å². The van der Waals surface area contributed by atoms with E-state index in [1.807, 2.05) is 50.4 Å². The van der Waals surface area contributed by atoms with Gasteiger partial charge in [-0.2, -0.15) is 0 Å². The van der Waals surface area contributed by atoms with Crippen LogP contribution in [-0.2, 0) is 4.74 Å². The first-order chi connectivity index (χ1) is 17.8. The van der Waals surface area contributed by atoms with E-state index in [0.29, 0.717) is 13.2 Å². The number of hydrogen-bond acceptors (Lipinski definition) is 6. The SMILES string of the molecule is CC.Cc1ccc(Nc2cccc3c(N4CCOCC4)noc23)cc1-c1ncc(-c2ccccc2)[nH]1. The molecule has 1 fully saturated rings. The number of benzene rings is 3. The van der Waals surface area contributed by atoms with E-state index in [0.717, 1.165) is 69.5 Å². The monoisotopic (exact) mass is 481 g/mol. The number of para-hydroxylation sites is 1. The fraction of sp³-hybridized carbons (Fsp3) is 0.241. The molecule has 0 atom stereocenters. The standard InChI is InChI=1S/C27H25N5O2.C2H6/c1-18-10-11-20(16-22(18)26-28-17-24(30-26)19-6-3-2-4-7-19)29-23-9-5-8-21-25(23)34-31-27(21)32-12-14-33-15-13-32;1-2/h2-11,16-17,29H,12-15H2,1H3,(H,28,30);1-2H3. The molecule has 184 valence electrons. The van der Waals surface area contributed by atoms with Gasteiger partial charge in [-0.15, -0.1) is 0 Å². The van der Waals surface area contributed by atoms with Gasteiger partial charge in [0.1, 0.15) is 5.82 Å². The number of fused-ring (bicyclic) bond motifs is 1. The molecule has 0 amide bonds. The summed E-state index contributed by atoms with van der Waals surface area (Å²) in [5.74, 6) is 1.71. The molecule has 0 unspecified atom stereocenters. The molecule has 0 aliphatic carbocycles. The summed E-state index contributed by atoms with van der Waals surface area (Å²) in [6.45, 7) is 9.13. The van der Waals surface area contributed by atoms with Crippen LogP contribution < -0.4 is 10.2 Å². The fourth-order valence-corrected chi connectivity index (χ4v) is 4.38. The molecule has 1 aliphatic rings. The Hall–Kier alpha value is -4.10. The normalized spacial score (nSPS) is 13.4. The van der Waals surface area contributed by atoms with Gasteiger partial charge in [-0.25, -0.2) is 4.98 Å². The number of aromatic amines is 1. The second-order valence-electron chi connectivity index (χ2n) is 8.45. The maximum absolute atomic E-state index is 5.78. The van der Waals surface area contributed by atoms with Gasteiger partial charge in [0.2, 0.25) is 0 Å². The molecule has 0 bridgehead atoms. The van der Waals surface area contributed by atoms with Crippen LogP contribution in [0.25, 0.3) is 33.6 Å². The average Bonchev–Trinajstić information content (AvgIpc) is 3.61. The van der Waals surface area contributed by atoms with Gasteiger partial charge in [0, 0.05) is 24.3 Å². The smallest absolute Gasteiger partial charge is 0.192 e. The highest BCUT2D eigenvalue weighted by Crippen LogP contribution is 2.34. The Labute approximate surface area is 211 Å². The van der Waals surface area contributed by atoms with Gasteiger partial charge in [0.05, 0.1) is 36.2 Å². The van der Waals surface area contributed by atoms with Crippen molar-refractivity contribution in [3.63, 3.8) is 0 Å². The molecule has 0 saturated carbocycles. The largest absolute Gasteiger partial charge is 0.378 e. The van der Waals surface area contributed by atoms with Crippen molar-refractivity contribution in [3.05, 3.63) is 78.5 Å². The van der Waals surface area contributed by atoms with Crippen molar-refractivity contribution in [2.45, 2.75) is 20.8 Å². The molecule has 6 rings (SSSR count). The Morgan fingerprint density at radius 3 is 2.56 bits per heavy atom. The van der Waals surface area contributed by atoms with Crippen molar-refractivity contribution < 1.29 is 9.26 Å². The van der Waals surface area contributed by atoms with E-state index in [2.05, 4.69) is 68.7 Å². The number of hydrogen-bond donors (Lipinski definition) is 2. The Morgan fingerprint density at radius 2 is 1.75 bits per heavy atom. The molecule has 2 aromatic heterocycles. The first kappa shape index (κ1) is 23.6. The molecule has 3 aromatic carbocycles. The van der Waals surface area contributed by atoms with Crippen LogP contribution >= 0.6 is 0 Å². The van der Waals surface area contributed by atoms with E-state index in [1.54, 1.807) is 0 Å². The third kappa shape index (κ3) is 4.70. The average molecular weight is 482 g/mol. The zero-order valence-electron chi connectivity index (χ0n) is 20.9. The minimum Gasteiger partial charge on any atom is -0.378 e. The Morgan fingerprint density at radius 1 is 0.944 bits per heavy atom. The molecule has 3 heterocycles. The van der Waals surface area contributed by atoms with Crippen LogP contribution in [0.5, 0.6) is 0 Å². The molecule has 1 aliphatic heterocycles. The zero-order chi connectivity index (χ0) is 24.9. The Balaban J connectivity index is 0.00000130. The van der Waals surface area contributed by atoms with Gasteiger partial charge < -0.3 is 24.5 Å². The molecule has 0 radical (unpaired) electrons. The third-order valence-corrected chi connectivity index (χ3v) is 6.22. The second-order valence-corrected chi connectivity index (χ2v) is 8.45. The van der Waals surface area contributed by atoms with Gasteiger partial charge in [-0.1, -0.05) is 61.5 Å². The number of morpholine rings is 1. The number of nitrogens with zero attached hydrogens (tertiary/aromatic N) is 3. The number of ether oxygens (including phenoxy) is 1. The third-order valence-electron chi connectivity index (χ3n) is 6.22. The molecule has 5 aromatic rings. The van der Waals surface area contributed by atoms with E-state index in [-0.39, 0.29) is 0 Å². The lowest BCUT2D eigenvalue weighted by Gasteiger charge is -2.26. The van der Waals surface area contributed by atoms with Crippen LogP contribution in [0.1, 0.15) is 19.4 Å². The van der Waals surface area contributed by atoms with E-state index >= 15 is 0 Å². The molecule has 2 N–H and O–H groups in total. The van der Waals surface area contributed by atoms with E-state index in [1.165, 1.54) is 0 Å². The second kappa shape index (κ2) is 10.7. The van der Waals surface area contributed by atoms with Crippen LogP contribution in [0.15, 0.2) is 77.4 Å². The maximum Gasteiger partial charge on any atom is 0.192 e. The minimum absolute atomic E-state index is 0.706. The van der Waals surface area contributed by atoms with Crippen molar-refractivity contribution in [3.8, 4) is 22.6 Å². The van der Waals surface area contributed by atoms with Crippen molar-refractivity contribution in [1.82, 2.24) is 15.1 Å². The number of rotatable bonds is 5. The summed E-state index contributed by atoms with van der Waals surface area (Å²) in [4.78, 5) is 10.3. The quantitative estimate of drug-likeness (QED) is 0.287. The first-order valence-electron chi connectivity index (χ1n) is 12.5. The molecule has 7 nitrogen and oxygen atoms in total. The number of imidazole rings is 1. The minimum atomic E-state index is 0.706. The van der Waals surface area contributed by atoms with Crippen molar-refractivity contribution in [2.24, 2.45) is 0 Å². The van der Waals surface area contributed by atoms with Gasteiger partial charge in [-0.05, 0) is 42.3 Å². The molecular weight excluding hydrogens is 450 g/mol. The molecular formula is C29H31N5O2. The Bertz CT molecular complexity index is 1430. The van der Waals surface area contributed by atoms with E-state index in [9.17, 15) is 0 Å².